The molecule has 1 aromatic carbocycles. The number of benzene rings is 1. The molecule has 0 spiro atoms. The molecule has 54 heavy (non-hydrogen) atoms. The van der Waals surface area contributed by atoms with E-state index in [9.17, 15) is 27.6 Å². The fraction of sp³-hybridized carbons (Fsp3) is 0.432. The van der Waals surface area contributed by atoms with Gasteiger partial charge in [0.05, 0.1) is 39.5 Å². The molecule has 2 saturated carbocycles. The molecule has 15 nitrogen and oxygen atoms in total. The van der Waals surface area contributed by atoms with Gasteiger partial charge in [-0.15, -0.1) is 11.3 Å². The first-order chi connectivity index (χ1) is 26.1. The molecule has 4 aromatic rings. The van der Waals surface area contributed by atoms with E-state index < -0.39 is 68.5 Å². The van der Waals surface area contributed by atoms with Crippen molar-refractivity contribution >= 4 is 56.0 Å². The fourth-order valence-corrected chi connectivity index (χ4v) is 9.33. The van der Waals surface area contributed by atoms with Crippen molar-refractivity contribution in [2.75, 3.05) is 6.54 Å². The number of carbonyl (C=O) groups excluding carboxylic acids is 4. The minimum absolute atomic E-state index is 0.0219. The highest BCUT2D eigenvalue weighted by atomic mass is 32.2. The fourth-order valence-electron chi connectivity index (χ4n) is 7.26. The maximum absolute atomic E-state index is 14.6. The van der Waals surface area contributed by atoms with Gasteiger partial charge in [0.2, 0.25) is 27.7 Å². The normalized spacial score (nSPS) is 26.8. The Balaban J connectivity index is 1.12. The Bertz CT molecular complexity index is 2210. The zero-order valence-electron chi connectivity index (χ0n) is 29.3. The van der Waals surface area contributed by atoms with Crippen LogP contribution in [0.5, 0.6) is 5.88 Å². The number of ether oxygens (including phenoxy) is 1. The van der Waals surface area contributed by atoms with E-state index in [-0.39, 0.29) is 30.8 Å². The first-order valence-electron chi connectivity index (χ1n) is 18.2. The van der Waals surface area contributed by atoms with Crippen LogP contribution in [-0.2, 0) is 24.4 Å². The van der Waals surface area contributed by atoms with E-state index in [1.165, 1.54) is 28.6 Å². The summed E-state index contributed by atoms with van der Waals surface area (Å²) in [6, 6.07) is 9.13. The monoisotopic (exact) mass is 772 g/mol. The summed E-state index contributed by atoms with van der Waals surface area (Å²) in [7, 11) is -3.89. The number of nitrogens with zero attached hydrogens (tertiary/aromatic N) is 4. The van der Waals surface area contributed by atoms with Crippen molar-refractivity contribution in [3.05, 3.63) is 71.9 Å². The van der Waals surface area contributed by atoms with Crippen LogP contribution >= 0.6 is 11.3 Å². The third-order valence-electron chi connectivity index (χ3n) is 10.5. The van der Waals surface area contributed by atoms with E-state index in [0.29, 0.717) is 48.8 Å². The molecule has 1 saturated heterocycles. The maximum Gasteiger partial charge on any atom is 0.259 e. The number of sulfonamides is 1. The predicted octanol–water partition coefficient (Wildman–Crippen LogP) is 3.23. The summed E-state index contributed by atoms with van der Waals surface area (Å²) in [6.45, 7) is -0.0219. The molecule has 17 heteroatoms. The molecular weight excluding hydrogens is 733 g/mol. The standard InChI is InChI=1S/C37H40N8O7S2/c46-32(22-19-38-39-20-22)41-28-12-5-3-1-2-4-9-23-18-37(23,36(49)44-54(50,51)25-14-15-25)43-33(47)29-17-24(21-45(29)35(28)48)52-34-31(30-13-8-16-53-30)40-26-10-6-7-11-27(26)42-34/h4,6-11,13,16,19-20,23-25,28-29H,1-3,5,12,14-15,17-18,21H2,(H,38,39)(H,41,46)(H,43,47)(H,44,49)/b9-4-/t23-,24-,28+,29+,37-/m1/s1. The highest BCUT2D eigenvalue weighted by Crippen LogP contribution is 2.46. The van der Waals surface area contributed by atoms with E-state index in [1.54, 1.807) is 0 Å². The van der Waals surface area contributed by atoms with Gasteiger partial charge in [-0.2, -0.15) is 5.10 Å². The predicted molar refractivity (Wildman–Crippen MR) is 199 cm³/mol. The topological polar surface area (TPSA) is 205 Å². The average Bonchev–Trinajstić information content (AvgIpc) is 3.87. The average molecular weight is 773 g/mol. The Morgan fingerprint density at radius 1 is 1.02 bits per heavy atom. The first-order valence-corrected chi connectivity index (χ1v) is 20.7. The Hall–Kier alpha value is -5.16. The molecule has 4 amide bonds. The molecule has 4 N–H and O–H groups in total. The number of aromatic nitrogens is 4. The lowest BCUT2D eigenvalue weighted by Gasteiger charge is -2.29. The number of H-pyrrole nitrogens is 1. The highest BCUT2D eigenvalue weighted by molar-refractivity contribution is 7.91. The van der Waals surface area contributed by atoms with E-state index >= 15 is 0 Å². The zero-order valence-corrected chi connectivity index (χ0v) is 30.9. The van der Waals surface area contributed by atoms with Gasteiger partial charge in [0.25, 0.3) is 11.8 Å². The molecule has 3 fully saturated rings. The summed E-state index contributed by atoms with van der Waals surface area (Å²) in [5.74, 6) is -2.56. The maximum atomic E-state index is 14.6. The number of allylic oxidation sites excluding steroid dienone is 1. The second kappa shape index (κ2) is 14.6. The lowest BCUT2D eigenvalue weighted by Crippen LogP contribution is -2.58. The van der Waals surface area contributed by atoms with E-state index in [2.05, 4.69) is 25.6 Å². The van der Waals surface area contributed by atoms with Gasteiger partial charge in [0.15, 0.2) is 0 Å². The van der Waals surface area contributed by atoms with Crippen molar-refractivity contribution in [2.24, 2.45) is 5.92 Å². The summed E-state index contributed by atoms with van der Waals surface area (Å²) in [5.41, 5.74) is 0.561. The number of carbonyl (C=O) groups is 4. The molecule has 3 aromatic heterocycles. The quantitative estimate of drug-likeness (QED) is 0.193. The highest BCUT2D eigenvalue weighted by Gasteiger charge is 2.62. The van der Waals surface area contributed by atoms with Gasteiger partial charge < -0.3 is 20.3 Å². The van der Waals surface area contributed by atoms with E-state index in [4.69, 9.17) is 14.7 Å². The summed E-state index contributed by atoms with van der Waals surface area (Å²) < 4.78 is 34.5. The molecule has 0 unspecified atom stereocenters. The second-order valence-corrected chi connectivity index (χ2v) is 17.3. The molecular formula is C37H40N8O7S2. The number of thiophene rings is 1. The first kappa shape index (κ1) is 35.8. The van der Waals surface area contributed by atoms with E-state index in [0.717, 1.165) is 17.7 Å². The molecule has 8 rings (SSSR count). The SMILES string of the molecule is O=C(N[C@H]1CCCCC/C=C\[C@@H]2C[C@@]2(C(=O)NS(=O)(=O)C2CC2)NC(=O)[C@@H]2C[C@@H](Oc3nc4ccccc4nc3-c3cccs3)CN2C1=O)c1cn[nH]c1. The van der Waals surface area contributed by atoms with Gasteiger partial charge in [-0.05, 0) is 62.1 Å². The minimum Gasteiger partial charge on any atom is -0.471 e. The molecule has 5 heterocycles. The zero-order chi connectivity index (χ0) is 37.5. The molecule has 2 aliphatic heterocycles. The largest absolute Gasteiger partial charge is 0.471 e. The van der Waals surface area contributed by atoms with E-state index in [1.807, 2.05) is 53.9 Å². The van der Waals surface area contributed by atoms with Crippen molar-refractivity contribution in [1.82, 2.24) is 40.4 Å². The van der Waals surface area contributed by atoms with Crippen LogP contribution in [0.25, 0.3) is 21.6 Å². The summed E-state index contributed by atoms with van der Waals surface area (Å²) >= 11 is 1.47. The third kappa shape index (κ3) is 7.33. The van der Waals surface area contributed by atoms with Crippen molar-refractivity contribution in [2.45, 2.75) is 86.8 Å². The van der Waals surface area contributed by atoms with Gasteiger partial charge in [0, 0.05) is 18.5 Å². The smallest absolute Gasteiger partial charge is 0.259 e. The van der Waals surface area contributed by atoms with Crippen LogP contribution in [0.2, 0.25) is 0 Å². The van der Waals surface area contributed by atoms with Gasteiger partial charge in [-0.25, -0.2) is 18.4 Å². The molecule has 0 bridgehead atoms. The van der Waals surface area contributed by atoms with Crippen LogP contribution in [0.3, 0.4) is 0 Å². The lowest BCUT2D eigenvalue weighted by atomic mass is 10.0. The molecule has 282 valence electrons. The van der Waals surface area contributed by atoms with Crippen LogP contribution in [0.15, 0.2) is 66.3 Å². The van der Waals surface area contributed by atoms with Crippen LogP contribution in [0, 0.1) is 5.92 Å². The van der Waals surface area contributed by atoms with Crippen LogP contribution < -0.4 is 20.1 Å². The Morgan fingerprint density at radius 2 is 1.83 bits per heavy atom. The second-order valence-electron chi connectivity index (χ2n) is 14.4. The summed E-state index contributed by atoms with van der Waals surface area (Å²) in [4.78, 5) is 67.9. The van der Waals surface area contributed by atoms with Crippen molar-refractivity contribution < 1.29 is 32.3 Å². The van der Waals surface area contributed by atoms with Crippen LogP contribution in [-0.4, -0.2) is 92.6 Å². The van der Waals surface area contributed by atoms with Crippen molar-refractivity contribution in [3.8, 4) is 16.5 Å². The molecule has 5 atom stereocenters. The summed E-state index contributed by atoms with van der Waals surface area (Å²) in [5, 5.41) is 13.5. The number of nitrogens with one attached hydrogen (secondary N) is 4. The number of amides is 4. The molecule has 2 aliphatic carbocycles. The van der Waals surface area contributed by atoms with Gasteiger partial charge in [0.1, 0.15) is 29.4 Å². The number of hydrogen-bond donors (Lipinski definition) is 4. The van der Waals surface area contributed by atoms with Crippen molar-refractivity contribution in [1.29, 1.82) is 0 Å². The molecule has 0 radical (unpaired) electrons. The van der Waals surface area contributed by atoms with Crippen molar-refractivity contribution in [3.63, 3.8) is 0 Å². The number of fused-ring (bicyclic) bond motifs is 3. The lowest BCUT2D eigenvalue weighted by molar-refractivity contribution is -0.141. The van der Waals surface area contributed by atoms with Gasteiger partial charge >= 0.3 is 0 Å². The van der Waals surface area contributed by atoms with Gasteiger partial charge in [-0.3, -0.25) is 29.0 Å². The summed E-state index contributed by atoms with van der Waals surface area (Å²) in [6.07, 6.45) is 10.3. The van der Waals surface area contributed by atoms with Crippen LogP contribution in [0.1, 0.15) is 68.1 Å². The number of para-hydroxylation sites is 2. The number of hydrogen-bond acceptors (Lipinski definition) is 11. The Kier molecular flexibility index (Phi) is 9.68. The molecule has 4 aliphatic rings. The van der Waals surface area contributed by atoms with Crippen LogP contribution in [0.4, 0.5) is 0 Å². The van der Waals surface area contributed by atoms with Gasteiger partial charge in [-0.1, -0.05) is 43.2 Å². The Morgan fingerprint density at radius 3 is 2.57 bits per heavy atom. The Labute approximate surface area is 315 Å². The number of rotatable bonds is 8. The number of aromatic amines is 1. The minimum atomic E-state index is -3.89. The third-order valence-corrected chi connectivity index (χ3v) is 13.2.